The van der Waals surface area contributed by atoms with E-state index in [0.29, 0.717) is 25.9 Å². The SMILES string of the molecule is O=C(Cn1cnc2ccccc21)N1CCC2(CC1)C(=O)Nc1ccccc12. The summed E-state index contributed by atoms with van der Waals surface area (Å²) in [5, 5.41) is 3.00. The van der Waals surface area contributed by atoms with Crippen molar-refractivity contribution in [1.82, 2.24) is 14.5 Å². The lowest BCUT2D eigenvalue weighted by atomic mass is 9.73. The first kappa shape index (κ1) is 16.1. The summed E-state index contributed by atoms with van der Waals surface area (Å²) in [6.45, 7) is 1.46. The third kappa shape index (κ3) is 2.44. The minimum atomic E-state index is -0.491. The average Bonchev–Trinajstić information content (AvgIpc) is 3.22. The van der Waals surface area contributed by atoms with Gasteiger partial charge in [-0.2, -0.15) is 0 Å². The highest BCUT2D eigenvalue weighted by molar-refractivity contribution is 6.06. The van der Waals surface area contributed by atoms with Crippen LogP contribution >= 0.6 is 0 Å². The maximum Gasteiger partial charge on any atom is 0.242 e. The van der Waals surface area contributed by atoms with Crippen LogP contribution in [0.2, 0.25) is 0 Å². The predicted molar refractivity (Wildman–Crippen MR) is 102 cm³/mol. The van der Waals surface area contributed by atoms with Gasteiger partial charge in [0.2, 0.25) is 11.8 Å². The van der Waals surface area contributed by atoms with Gasteiger partial charge in [0.25, 0.3) is 0 Å². The zero-order valence-electron chi connectivity index (χ0n) is 14.9. The normalized spacial score (nSPS) is 17.9. The zero-order chi connectivity index (χ0) is 18.4. The Bertz CT molecular complexity index is 1050. The second-order valence-corrected chi connectivity index (χ2v) is 7.32. The van der Waals surface area contributed by atoms with Crippen molar-refractivity contribution in [1.29, 1.82) is 0 Å². The van der Waals surface area contributed by atoms with Crippen LogP contribution in [0.25, 0.3) is 11.0 Å². The summed E-state index contributed by atoms with van der Waals surface area (Å²) in [5.74, 6) is 0.135. The summed E-state index contributed by atoms with van der Waals surface area (Å²) in [7, 11) is 0. The van der Waals surface area contributed by atoms with Crippen molar-refractivity contribution in [3.63, 3.8) is 0 Å². The van der Waals surface area contributed by atoms with Crippen molar-refractivity contribution in [3.8, 4) is 0 Å². The molecule has 136 valence electrons. The van der Waals surface area contributed by atoms with Gasteiger partial charge in [-0.3, -0.25) is 9.59 Å². The molecule has 0 bridgehead atoms. The first-order valence-electron chi connectivity index (χ1n) is 9.26. The Morgan fingerprint density at radius 3 is 2.67 bits per heavy atom. The van der Waals surface area contributed by atoms with Crippen LogP contribution in [-0.4, -0.2) is 39.4 Å². The van der Waals surface area contributed by atoms with Gasteiger partial charge in [0.05, 0.1) is 22.8 Å². The molecule has 0 unspecified atom stereocenters. The number of imidazole rings is 1. The fraction of sp³-hybridized carbons (Fsp3) is 0.286. The fourth-order valence-corrected chi connectivity index (χ4v) is 4.39. The van der Waals surface area contributed by atoms with E-state index >= 15 is 0 Å². The molecule has 3 aromatic rings. The Balaban J connectivity index is 1.32. The van der Waals surface area contributed by atoms with Gasteiger partial charge < -0.3 is 14.8 Å². The number of aromatic nitrogens is 2. The number of carbonyl (C=O) groups excluding carboxylic acids is 2. The molecule has 1 saturated heterocycles. The van der Waals surface area contributed by atoms with Gasteiger partial charge in [0.15, 0.2) is 0 Å². The Hall–Kier alpha value is -3.15. The number of fused-ring (bicyclic) bond motifs is 3. The van der Waals surface area contributed by atoms with Gasteiger partial charge in [-0.15, -0.1) is 0 Å². The molecule has 0 atom stereocenters. The smallest absolute Gasteiger partial charge is 0.242 e. The lowest BCUT2D eigenvalue weighted by Crippen LogP contribution is -2.49. The van der Waals surface area contributed by atoms with Crippen molar-refractivity contribution < 1.29 is 9.59 Å². The lowest BCUT2D eigenvalue weighted by molar-refractivity contribution is -0.135. The number of nitrogens with zero attached hydrogens (tertiary/aromatic N) is 3. The van der Waals surface area contributed by atoms with Crippen LogP contribution in [0.4, 0.5) is 5.69 Å². The quantitative estimate of drug-likeness (QED) is 0.764. The largest absolute Gasteiger partial charge is 0.341 e. The number of likely N-dealkylation sites (tertiary alicyclic amines) is 1. The monoisotopic (exact) mass is 360 g/mol. The van der Waals surface area contributed by atoms with Gasteiger partial charge in [-0.05, 0) is 36.6 Å². The van der Waals surface area contributed by atoms with Gasteiger partial charge in [-0.25, -0.2) is 4.98 Å². The van der Waals surface area contributed by atoms with E-state index in [9.17, 15) is 9.59 Å². The summed E-state index contributed by atoms with van der Waals surface area (Å²) >= 11 is 0. The minimum Gasteiger partial charge on any atom is -0.341 e. The van der Waals surface area contributed by atoms with E-state index in [4.69, 9.17) is 0 Å². The molecule has 6 heteroatoms. The first-order valence-corrected chi connectivity index (χ1v) is 9.26. The molecule has 0 radical (unpaired) electrons. The highest BCUT2D eigenvalue weighted by Crippen LogP contribution is 2.44. The molecule has 27 heavy (non-hydrogen) atoms. The van der Waals surface area contributed by atoms with Crippen LogP contribution in [0.15, 0.2) is 54.9 Å². The number of para-hydroxylation sites is 3. The number of carbonyl (C=O) groups is 2. The molecule has 2 aliphatic rings. The van der Waals surface area contributed by atoms with E-state index in [1.54, 1.807) is 6.33 Å². The molecular weight excluding hydrogens is 340 g/mol. The topological polar surface area (TPSA) is 67.2 Å². The number of hydrogen-bond acceptors (Lipinski definition) is 3. The molecule has 5 rings (SSSR count). The van der Waals surface area contributed by atoms with Crippen molar-refractivity contribution in [2.75, 3.05) is 18.4 Å². The summed E-state index contributed by atoms with van der Waals surface area (Å²) in [6, 6.07) is 15.7. The van der Waals surface area contributed by atoms with Crippen LogP contribution in [0.3, 0.4) is 0 Å². The van der Waals surface area contributed by atoms with E-state index < -0.39 is 5.41 Å². The molecule has 6 nitrogen and oxygen atoms in total. The number of amides is 2. The fourth-order valence-electron chi connectivity index (χ4n) is 4.39. The summed E-state index contributed by atoms with van der Waals surface area (Å²) < 4.78 is 1.89. The molecule has 2 amide bonds. The van der Waals surface area contributed by atoms with Crippen molar-refractivity contribution in [3.05, 3.63) is 60.4 Å². The molecule has 1 aromatic heterocycles. The molecule has 1 spiro atoms. The van der Waals surface area contributed by atoms with Crippen molar-refractivity contribution in [2.45, 2.75) is 24.8 Å². The Morgan fingerprint density at radius 1 is 1.07 bits per heavy atom. The number of piperidine rings is 1. The number of nitrogens with one attached hydrogen (secondary N) is 1. The van der Waals surface area contributed by atoms with Gasteiger partial charge in [0, 0.05) is 18.8 Å². The molecule has 2 aliphatic heterocycles. The van der Waals surface area contributed by atoms with E-state index in [2.05, 4.69) is 10.3 Å². The molecule has 1 N–H and O–H groups in total. The van der Waals surface area contributed by atoms with Crippen LogP contribution in [0, 0.1) is 0 Å². The van der Waals surface area contributed by atoms with Crippen LogP contribution in [0.1, 0.15) is 18.4 Å². The van der Waals surface area contributed by atoms with Crippen LogP contribution in [0.5, 0.6) is 0 Å². The second-order valence-electron chi connectivity index (χ2n) is 7.32. The number of anilines is 1. The van der Waals surface area contributed by atoms with Gasteiger partial charge in [-0.1, -0.05) is 30.3 Å². The predicted octanol–water partition coefficient (Wildman–Crippen LogP) is 2.55. The summed E-state index contributed by atoms with van der Waals surface area (Å²) in [5.41, 5.74) is 3.34. The summed E-state index contributed by atoms with van der Waals surface area (Å²) in [4.78, 5) is 31.7. The molecule has 1 fully saturated rings. The Labute approximate surface area is 156 Å². The molecule has 0 aliphatic carbocycles. The highest BCUT2D eigenvalue weighted by Gasteiger charge is 2.48. The number of benzene rings is 2. The second kappa shape index (κ2) is 5.94. The van der Waals surface area contributed by atoms with E-state index in [-0.39, 0.29) is 18.4 Å². The van der Waals surface area contributed by atoms with Crippen molar-refractivity contribution >= 4 is 28.5 Å². The minimum absolute atomic E-state index is 0.0661. The number of hydrogen-bond donors (Lipinski definition) is 1. The number of rotatable bonds is 2. The lowest BCUT2D eigenvalue weighted by Gasteiger charge is -2.38. The first-order chi connectivity index (χ1) is 13.2. The Morgan fingerprint density at radius 2 is 1.81 bits per heavy atom. The summed E-state index contributed by atoms with van der Waals surface area (Å²) in [6.07, 6.45) is 3.03. The molecular formula is C21H20N4O2. The highest BCUT2D eigenvalue weighted by atomic mass is 16.2. The average molecular weight is 360 g/mol. The third-order valence-electron chi connectivity index (χ3n) is 5.93. The Kier molecular flexibility index (Phi) is 3.53. The zero-order valence-corrected chi connectivity index (χ0v) is 14.9. The third-order valence-corrected chi connectivity index (χ3v) is 5.93. The van der Waals surface area contributed by atoms with Crippen LogP contribution < -0.4 is 5.32 Å². The van der Waals surface area contributed by atoms with E-state index in [1.807, 2.05) is 58.0 Å². The molecule has 2 aromatic carbocycles. The van der Waals surface area contributed by atoms with Gasteiger partial charge >= 0.3 is 0 Å². The van der Waals surface area contributed by atoms with E-state index in [1.165, 1.54) is 0 Å². The van der Waals surface area contributed by atoms with Crippen LogP contribution in [-0.2, 0) is 21.5 Å². The standard InChI is InChI=1S/C21H20N4O2/c26-19(13-25-14-22-17-7-3-4-8-18(17)25)24-11-9-21(10-12-24)15-5-1-2-6-16(15)23-20(21)27/h1-8,14H,9-13H2,(H,23,27). The van der Waals surface area contributed by atoms with Gasteiger partial charge in [0.1, 0.15) is 6.54 Å². The van der Waals surface area contributed by atoms with E-state index in [0.717, 1.165) is 22.3 Å². The molecule has 0 saturated carbocycles. The molecule has 3 heterocycles. The maximum absolute atomic E-state index is 12.8. The maximum atomic E-state index is 12.8. The van der Waals surface area contributed by atoms with Crippen molar-refractivity contribution in [2.24, 2.45) is 0 Å².